The molecule has 0 radical (unpaired) electrons. The van der Waals surface area contributed by atoms with Gasteiger partial charge >= 0.3 is 0 Å². The summed E-state index contributed by atoms with van der Waals surface area (Å²) in [6.45, 7) is 3.05. The van der Waals surface area contributed by atoms with Crippen molar-refractivity contribution in [3.05, 3.63) is 60.2 Å². The average molecular weight is 352 g/mol. The summed E-state index contributed by atoms with van der Waals surface area (Å²) in [5.41, 5.74) is 1.97. The minimum absolute atomic E-state index is 0.0137. The van der Waals surface area contributed by atoms with Gasteiger partial charge in [-0.2, -0.15) is 0 Å². The monoisotopic (exact) mass is 352 g/mol. The number of hydrogen-bond acceptors (Lipinski definition) is 3. The maximum atomic E-state index is 12.3. The number of carbonyl (C=O) groups excluding carboxylic acids is 2. The van der Waals surface area contributed by atoms with Gasteiger partial charge < -0.3 is 15.0 Å². The van der Waals surface area contributed by atoms with E-state index >= 15 is 0 Å². The van der Waals surface area contributed by atoms with E-state index in [-0.39, 0.29) is 17.9 Å². The van der Waals surface area contributed by atoms with E-state index in [1.54, 1.807) is 4.90 Å². The first-order chi connectivity index (χ1) is 12.7. The first-order valence-electron chi connectivity index (χ1n) is 9.02. The van der Waals surface area contributed by atoms with Gasteiger partial charge in [-0.1, -0.05) is 30.3 Å². The Morgan fingerprint density at radius 2 is 1.88 bits per heavy atom. The summed E-state index contributed by atoms with van der Waals surface area (Å²) >= 11 is 0. The van der Waals surface area contributed by atoms with Crippen molar-refractivity contribution in [1.82, 2.24) is 5.32 Å². The Balaban J connectivity index is 1.51. The number of nitrogens with one attached hydrogen (secondary N) is 1. The Hall–Kier alpha value is -2.82. The van der Waals surface area contributed by atoms with E-state index in [1.807, 2.05) is 61.5 Å². The van der Waals surface area contributed by atoms with E-state index in [0.29, 0.717) is 32.4 Å². The first-order valence-corrected chi connectivity index (χ1v) is 9.02. The largest absolute Gasteiger partial charge is 0.494 e. The molecular formula is C21H24N2O3. The number of rotatable bonds is 7. The molecular weight excluding hydrogens is 328 g/mol. The molecule has 136 valence electrons. The fourth-order valence-electron chi connectivity index (χ4n) is 3.15. The van der Waals surface area contributed by atoms with E-state index in [9.17, 15) is 9.59 Å². The van der Waals surface area contributed by atoms with Crippen LogP contribution in [0.2, 0.25) is 0 Å². The van der Waals surface area contributed by atoms with E-state index < -0.39 is 0 Å². The minimum atomic E-state index is -0.141. The third-order valence-electron chi connectivity index (χ3n) is 4.43. The highest BCUT2D eigenvalue weighted by molar-refractivity contribution is 5.96. The molecule has 2 amide bonds. The lowest BCUT2D eigenvalue weighted by Crippen LogP contribution is -2.37. The highest BCUT2D eigenvalue weighted by atomic mass is 16.5. The van der Waals surface area contributed by atoms with Crippen molar-refractivity contribution >= 4 is 17.5 Å². The van der Waals surface area contributed by atoms with Gasteiger partial charge in [-0.3, -0.25) is 9.59 Å². The van der Waals surface area contributed by atoms with Crippen LogP contribution in [0.3, 0.4) is 0 Å². The lowest BCUT2D eigenvalue weighted by Gasteiger charge is -2.17. The molecule has 1 aliphatic heterocycles. The number of hydrogen-bond donors (Lipinski definition) is 1. The molecule has 0 aromatic heterocycles. The van der Waals surface area contributed by atoms with Gasteiger partial charge in [0.25, 0.3) is 0 Å². The molecule has 2 aromatic carbocycles. The molecule has 0 spiro atoms. The van der Waals surface area contributed by atoms with Crippen LogP contribution in [0, 0.1) is 0 Å². The molecule has 0 unspecified atom stereocenters. The van der Waals surface area contributed by atoms with Crippen LogP contribution in [0.5, 0.6) is 5.75 Å². The predicted octanol–water partition coefficient (Wildman–Crippen LogP) is 2.94. The summed E-state index contributed by atoms with van der Waals surface area (Å²) in [7, 11) is 0. The van der Waals surface area contributed by atoms with Crippen LogP contribution in [0.4, 0.5) is 5.69 Å². The zero-order valence-corrected chi connectivity index (χ0v) is 15.0. The van der Waals surface area contributed by atoms with Gasteiger partial charge in [0.2, 0.25) is 11.8 Å². The van der Waals surface area contributed by atoms with Crippen molar-refractivity contribution in [2.45, 2.75) is 32.2 Å². The van der Waals surface area contributed by atoms with Gasteiger partial charge in [0.1, 0.15) is 5.75 Å². The molecule has 26 heavy (non-hydrogen) atoms. The quantitative estimate of drug-likeness (QED) is 0.833. The lowest BCUT2D eigenvalue weighted by molar-refractivity contribution is -0.121. The van der Waals surface area contributed by atoms with Gasteiger partial charge in [-0.05, 0) is 43.2 Å². The van der Waals surface area contributed by atoms with Gasteiger partial charge in [0.05, 0.1) is 12.6 Å². The zero-order chi connectivity index (χ0) is 18.4. The van der Waals surface area contributed by atoms with E-state index in [4.69, 9.17) is 4.74 Å². The van der Waals surface area contributed by atoms with Crippen molar-refractivity contribution < 1.29 is 14.3 Å². The molecule has 5 nitrogen and oxygen atoms in total. The van der Waals surface area contributed by atoms with E-state index in [0.717, 1.165) is 17.0 Å². The molecule has 1 aliphatic rings. The Morgan fingerprint density at radius 3 is 2.58 bits per heavy atom. The summed E-state index contributed by atoms with van der Waals surface area (Å²) in [6.07, 6.45) is 1.47. The topological polar surface area (TPSA) is 58.6 Å². The minimum Gasteiger partial charge on any atom is -0.494 e. The van der Waals surface area contributed by atoms with Gasteiger partial charge in [0.15, 0.2) is 0 Å². The molecule has 1 saturated heterocycles. The average Bonchev–Trinajstić information content (AvgIpc) is 3.02. The SMILES string of the molecule is CCOc1ccc(N2C[C@@H](NC(=O)CCc3ccccc3)CC2=O)cc1. The summed E-state index contributed by atoms with van der Waals surface area (Å²) in [5, 5.41) is 2.98. The Bertz CT molecular complexity index is 744. The fourth-order valence-corrected chi connectivity index (χ4v) is 3.15. The molecule has 5 heteroatoms. The van der Waals surface area contributed by atoms with E-state index in [1.165, 1.54) is 0 Å². The normalized spacial score (nSPS) is 16.6. The Kier molecular flexibility index (Phi) is 5.89. The molecule has 1 atom stereocenters. The molecule has 1 N–H and O–H groups in total. The zero-order valence-electron chi connectivity index (χ0n) is 15.0. The Labute approximate surface area is 154 Å². The van der Waals surface area contributed by atoms with Crippen molar-refractivity contribution in [1.29, 1.82) is 0 Å². The number of anilines is 1. The standard InChI is InChI=1S/C21H24N2O3/c1-2-26-19-11-9-18(10-12-19)23-15-17(14-21(23)25)22-20(24)13-8-16-6-4-3-5-7-16/h3-7,9-12,17H,2,8,13-15H2,1H3,(H,22,24)/t17-/m0/s1. The molecule has 3 rings (SSSR count). The maximum Gasteiger partial charge on any atom is 0.229 e. The van der Waals surface area contributed by atoms with Crippen LogP contribution < -0.4 is 15.0 Å². The highest BCUT2D eigenvalue weighted by Crippen LogP contribution is 2.24. The number of amides is 2. The first kappa shape index (κ1) is 18.0. The van der Waals surface area contributed by atoms with Crippen LogP contribution in [-0.4, -0.2) is 31.0 Å². The van der Waals surface area contributed by atoms with E-state index in [2.05, 4.69) is 5.32 Å². The van der Waals surface area contributed by atoms with Crippen molar-refractivity contribution in [3.63, 3.8) is 0 Å². The van der Waals surface area contributed by atoms with Gasteiger partial charge in [-0.15, -0.1) is 0 Å². The van der Waals surface area contributed by atoms with Gasteiger partial charge in [-0.25, -0.2) is 0 Å². The second-order valence-corrected chi connectivity index (χ2v) is 6.39. The fraction of sp³-hybridized carbons (Fsp3) is 0.333. The van der Waals surface area contributed by atoms with Crippen molar-refractivity contribution in [3.8, 4) is 5.75 Å². The number of ether oxygens (including phenoxy) is 1. The summed E-state index contributed by atoms with van der Waals surface area (Å²) < 4.78 is 5.43. The van der Waals surface area contributed by atoms with Crippen LogP contribution in [0.1, 0.15) is 25.3 Å². The number of benzene rings is 2. The molecule has 1 fully saturated rings. The predicted molar refractivity (Wildman–Crippen MR) is 101 cm³/mol. The van der Waals surface area contributed by atoms with Crippen molar-refractivity contribution in [2.75, 3.05) is 18.1 Å². The van der Waals surface area contributed by atoms with Crippen LogP contribution in [-0.2, 0) is 16.0 Å². The molecule has 0 aliphatic carbocycles. The second-order valence-electron chi connectivity index (χ2n) is 6.39. The smallest absolute Gasteiger partial charge is 0.229 e. The maximum absolute atomic E-state index is 12.3. The third kappa shape index (κ3) is 4.63. The molecule has 1 heterocycles. The summed E-state index contributed by atoms with van der Waals surface area (Å²) in [6, 6.07) is 17.3. The molecule has 2 aromatic rings. The molecule has 0 saturated carbocycles. The number of aryl methyl sites for hydroxylation is 1. The number of nitrogens with zero attached hydrogens (tertiary/aromatic N) is 1. The lowest BCUT2D eigenvalue weighted by atomic mass is 10.1. The third-order valence-corrected chi connectivity index (χ3v) is 4.43. The van der Waals surface area contributed by atoms with Gasteiger partial charge in [0, 0.05) is 25.1 Å². The highest BCUT2D eigenvalue weighted by Gasteiger charge is 2.31. The Morgan fingerprint density at radius 1 is 1.15 bits per heavy atom. The second kappa shape index (κ2) is 8.52. The van der Waals surface area contributed by atoms with Crippen LogP contribution >= 0.6 is 0 Å². The van der Waals surface area contributed by atoms with Crippen molar-refractivity contribution in [2.24, 2.45) is 0 Å². The van der Waals surface area contributed by atoms with Crippen LogP contribution in [0.25, 0.3) is 0 Å². The van der Waals surface area contributed by atoms with Crippen LogP contribution in [0.15, 0.2) is 54.6 Å². The summed E-state index contributed by atoms with van der Waals surface area (Å²) in [5.74, 6) is 0.802. The summed E-state index contributed by atoms with van der Waals surface area (Å²) in [4.78, 5) is 26.2. The number of carbonyl (C=O) groups is 2. The molecule has 0 bridgehead atoms.